The highest BCUT2D eigenvalue weighted by atomic mass is 16.5. The largest absolute Gasteiger partial charge is 0.493 e. The number of likely N-dealkylation sites (N-methyl/N-ethyl adjacent to an activating group) is 1. The maximum absolute atomic E-state index is 6.32. The zero-order valence-electron chi connectivity index (χ0n) is 23.7. The number of hydrogen-bond donors (Lipinski definition) is 2. The molecule has 2 aromatic carbocycles. The van der Waals surface area contributed by atoms with Crippen LogP contribution < -0.4 is 25.3 Å². The number of ether oxygens (including phenoxy) is 5. The van der Waals surface area contributed by atoms with Gasteiger partial charge in [-0.3, -0.25) is 0 Å². The Kier molecular flexibility index (Phi) is 11.2. The minimum atomic E-state index is 0.125. The highest BCUT2D eigenvalue weighted by Crippen LogP contribution is 2.32. The van der Waals surface area contributed by atoms with Gasteiger partial charge in [-0.2, -0.15) is 0 Å². The zero-order valence-corrected chi connectivity index (χ0v) is 23.7. The quantitative estimate of drug-likeness (QED) is 0.202. The van der Waals surface area contributed by atoms with E-state index in [2.05, 4.69) is 34.0 Å². The topological polar surface area (TPSA) is 113 Å². The van der Waals surface area contributed by atoms with Crippen LogP contribution in [-0.4, -0.2) is 80.8 Å². The van der Waals surface area contributed by atoms with Crippen molar-refractivity contribution in [2.24, 2.45) is 0 Å². The molecule has 3 N–H and O–H groups in total. The molecule has 0 amide bonds. The number of nitrogen functional groups attached to an aromatic ring is 1. The number of anilines is 3. The first-order valence-corrected chi connectivity index (χ1v) is 13.9. The molecule has 0 bridgehead atoms. The van der Waals surface area contributed by atoms with Gasteiger partial charge in [0, 0.05) is 42.9 Å². The van der Waals surface area contributed by atoms with E-state index in [4.69, 9.17) is 29.4 Å². The van der Waals surface area contributed by atoms with Crippen molar-refractivity contribution in [3.63, 3.8) is 0 Å². The first kappa shape index (κ1) is 29.4. The molecule has 10 heteroatoms. The highest BCUT2D eigenvalue weighted by Gasteiger charge is 2.17. The molecule has 3 aromatic rings. The lowest BCUT2D eigenvalue weighted by molar-refractivity contribution is 0.0259. The average molecular weight is 552 g/mol. The van der Waals surface area contributed by atoms with E-state index >= 15 is 0 Å². The fourth-order valence-electron chi connectivity index (χ4n) is 4.41. The SMILES string of the molecule is CCN(CC)CCOCCOc1cc(Nc2nccc(-c3ccc(OC4CCOCC4)c(N)c3)n2)ccc1OC. The zero-order chi connectivity index (χ0) is 28.2. The first-order valence-electron chi connectivity index (χ1n) is 13.9. The van der Waals surface area contributed by atoms with E-state index in [0.29, 0.717) is 61.9 Å². The van der Waals surface area contributed by atoms with Gasteiger partial charge in [0.1, 0.15) is 18.5 Å². The van der Waals surface area contributed by atoms with Gasteiger partial charge < -0.3 is 39.6 Å². The second kappa shape index (κ2) is 15.3. The van der Waals surface area contributed by atoms with Gasteiger partial charge in [0.25, 0.3) is 0 Å². The summed E-state index contributed by atoms with van der Waals surface area (Å²) in [6, 6.07) is 13.2. The molecule has 216 valence electrons. The van der Waals surface area contributed by atoms with Crippen LogP contribution in [0.4, 0.5) is 17.3 Å². The molecule has 1 saturated heterocycles. The molecule has 2 heterocycles. The smallest absolute Gasteiger partial charge is 0.227 e. The van der Waals surface area contributed by atoms with Gasteiger partial charge in [0.15, 0.2) is 11.5 Å². The summed E-state index contributed by atoms with van der Waals surface area (Å²) in [6.45, 7) is 10.3. The third-order valence-electron chi connectivity index (χ3n) is 6.77. The van der Waals surface area contributed by atoms with Crippen molar-refractivity contribution in [2.45, 2.75) is 32.8 Å². The lowest BCUT2D eigenvalue weighted by Gasteiger charge is -2.24. The third kappa shape index (κ3) is 8.45. The molecule has 1 fully saturated rings. The Morgan fingerprint density at radius 3 is 2.52 bits per heavy atom. The van der Waals surface area contributed by atoms with Crippen molar-refractivity contribution >= 4 is 17.3 Å². The fraction of sp³-hybridized carbons (Fsp3) is 0.467. The molecule has 1 aliphatic rings. The van der Waals surface area contributed by atoms with Gasteiger partial charge in [0.05, 0.1) is 44.9 Å². The van der Waals surface area contributed by atoms with Gasteiger partial charge in [-0.05, 0) is 49.5 Å². The molecule has 1 aromatic heterocycles. The molecule has 40 heavy (non-hydrogen) atoms. The normalized spacial score (nSPS) is 13.8. The molecule has 0 unspecified atom stereocenters. The van der Waals surface area contributed by atoms with E-state index in [-0.39, 0.29) is 6.10 Å². The van der Waals surface area contributed by atoms with Crippen molar-refractivity contribution < 1.29 is 23.7 Å². The number of hydrogen-bond acceptors (Lipinski definition) is 10. The van der Waals surface area contributed by atoms with E-state index in [9.17, 15) is 0 Å². The summed E-state index contributed by atoms with van der Waals surface area (Å²) < 4.78 is 28.7. The van der Waals surface area contributed by atoms with Crippen molar-refractivity contribution in [1.82, 2.24) is 14.9 Å². The van der Waals surface area contributed by atoms with Crippen LogP contribution in [0.5, 0.6) is 17.2 Å². The fourth-order valence-corrected chi connectivity index (χ4v) is 4.41. The minimum Gasteiger partial charge on any atom is -0.493 e. The lowest BCUT2D eigenvalue weighted by Crippen LogP contribution is -2.27. The molecule has 0 saturated carbocycles. The molecule has 0 aliphatic carbocycles. The van der Waals surface area contributed by atoms with E-state index in [1.165, 1.54) is 0 Å². The standard InChI is InChI=1S/C30H41N5O5/c1-4-35(5-2)14-17-38-18-19-39-29-21-23(7-9-28(29)36-3)33-30-32-13-10-26(34-30)22-6-8-27(25(31)20-22)40-24-11-15-37-16-12-24/h6-10,13,20-21,24H,4-5,11-12,14-19,31H2,1-3H3,(H,32,33,34). The maximum Gasteiger partial charge on any atom is 0.227 e. The number of nitrogens with zero attached hydrogens (tertiary/aromatic N) is 3. The van der Waals surface area contributed by atoms with Crippen LogP contribution >= 0.6 is 0 Å². The second-order valence-corrected chi connectivity index (χ2v) is 9.43. The summed E-state index contributed by atoms with van der Waals surface area (Å²) in [5.74, 6) is 2.39. The molecule has 4 rings (SSSR count). The van der Waals surface area contributed by atoms with Crippen LogP contribution in [0.25, 0.3) is 11.3 Å². The molecule has 1 aliphatic heterocycles. The van der Waals surface area contributed by atoms with E-state index in [1.807, 2.05) is 42.5 Å². The number of rotatable bonds is 15. The summed E-state index contributed by atoms with van der Waals surface area (Å²) in [6.07, 6.45) is 3.57. The Bertz CT molecular complexity index is 1200. The van der Waals surface area contributed by atoms with Crippen molar-refractivity contribution in [2.75, 3.05) is 70.8 Å². The average Bonchev–Trinajstić information content (AvgIpc) is 2.99. The van der Waals surface area contributed by atoms with Crippen molar-refractivity contribution in [3.8, 4) is 28.5 Å². The Labute approximate surface area is 236 Å². The summed E-state index contributed by atoms with van der Waals surface area (Å²) in [5.41, 5.74) is 9.29. The van der Waals surface area contributed by atoms with Gasteiger partial charge in [-0.1, -0.05) is 13.8 Å². The highest BCUT2D eigenvalue weighted by molar-refractivity contribution is 5.69. The van der Waals surface area contributed by atoms with Gasteiger partial charge in [-0.25, -0.2) is 9.97 Å². The minimum absolute atomic E-state index is 0.125. The second-order valence-electron chi connectivity index (χ2n) is 9.43. The summed E-state index contributed by atoms with van der Waals surface area (Å²) in [5, 5.41) is 3.26. The van der Waals surface area contributed by atoms with Gasteiger partial charge in [0.2, 0.25) is 5.95 Å². The Hall–Kier alpha value is -3.60. The van der Waals surface area contributed by atoms with Crippen LogP contribution in [0.3, 0.4) is 0 Å². The predicted octanol–water partition coefficient (Wildman–Crippen LogP) is 4.77. The van der Waals surface area contributed by atoms with Crippen LogP contribution in [0.15, 0.2) is 48.7 Å². The monoisotopic (exact) mass is 551 g/mol. The van der Waals surface area contributed by atoms with Crippen LogP contribution in [-0.2, 0) is 9.47 Å². The van der Waals surface area contributed by atoms with E-state index < -0.39 is 0 Å². The van der Waals surface area contributed by atoms with E-state index in [1.54, 1.807) is 13.3 Å². The molecular formula is C30H41N5O5. The molecule has 0 spiro atoms. The maximum atomic E-state index is 6.32. The summed E-state index contributed by atoms with van der Waals surface area (Å²) >= 11 is 0. The predicted molar refractivity (Wildman–Crippen MR) is 157 cm³/mol. The van der Waals surface area contributed by atoms with Crippen molar-refractivity contribution in [3.05, 3.63) is 48.7 Å². The summed E-state index contributed by atoms with van der Waals surface area (Å²) in [4.78, 5) is 11.4. The number of nitrogens with two attached hydrogens (primary N) is 1. The Morgan fingerprint density at radius 1 is 0.975 bits per heavy atom. The number of aromatic nitrogens is 2. The molecule has 0 atom stereocenters. The summed E-state index contributed by atoms with van der Waals surface area (Å²) in [7, 11) is 1.62. The Morgan fingerprint density at radius 2 is 1.77 bits per heavy atom. The van der Waals surface area contributed by atoms with Crippen LogP contribution in [0.2, 0.25) is 0 Å². The first-order chi connectivity index (χ1) is 19.6. The van der Waals surface area contributed by atoms with E-state index in [0.717, 1.165) is 49.4 Å². The lowest BCUT2D eigenvalue weighted by atomic mass is 10.1. The van der Waals surface area contributed by atoms with Crippen molar-refractivity contribution in [1.29, 1.82) is 0 Å². The molecule has 0 radical (unpaired) electrons. The number of benzene rings is 2. The molecular weight excluding hydrogens is 510 g/mol. The van der Waals surface area contributed by atoms with Gasteiger partial charge >= 0.3 is 0 Å². The number of nitrogens with one attached hydrogen (secondary N) is 1. The van der Waals surface area contributed by atoms with Crippen LogP contribution in [0, 0.1) is 0 Å². The number of methoxy groups -OCH3 is 1. The van der Waals surface area contributed by atoms with Crippen LogP contribution in [0.1, 0.15) is 26.7 Å². The Balaban J connectivity index is 1.36. The third-order valence-corrected chi connectivity index (χ3v) is 6.77. The molecule has 10 nitrogen and oxygen atoms in total. The van der Waals surface area contributed by atoms with Gasteiger partial charge in [-0.15, -0.1) is 0 Å².